The predicted molar refractivity (Wildman–Crippen MR) is 60.4 cm³/mol. The molecule has 0 aliphatic carbocycles. The van der Waals surface area contributed by atoms with Crippen molar-refractivity contribution in [3.63, 3.8) is 0 Å². The standard InChI is InChI=1S/C12H14ClFO2/c13-8-9-2-1-3-11(14)12(9)16-10-4-6-15-7-5-10/h1-3,10H,4-8H2. The highest BCUT2D eigenvalue weighted by atomic mass is 35.5. The van der Waals surface area contributed by atoms with Gasteiger partial charge in [-0.2, -0.15) is 0 Å². The van der Waals surface area contributed by atoms with Crippen LogP contribution >= 0.6 is 11.6 Å². The van der Waals surface area contributed by atoms with E-state index in [1.165, 1.54) is 6.07 Å². The molecule has 1 fully saturated rings. The first-order valence-electron chi connectivity index (χ1n) is 5.39. The molecule has 1 heterocycles. The molecule has 0 radical (unpaired) electrons. The van der Waals surface area contributed by atoms with Crippen molar-refractivity contribution in [3.05, 3.63) is 29.6 Å². The molecule has 2 rings (SSSR count). The van der Waals surface area contributed by atoms with Gasteiger partial charge < -0.3 is 9.47 Å². The Kier molecular flexibility index (Phi) is 4.02. The second-order valence-corrected chi connectivity index (χ2v) is 4.06. The minimum Gasteiger partial charge on any atom is -0.487 e. The van der Waals surface area contributed by atoms with Crippen LogP contribution in [0, 0.1) is 5.82 Å². The van der Waals surface area contributed by atoms with E-state index in [-0.39, 0.29) is 17.8 Å². The zero-order valence-corrected chi connectivity index (χ0v) is 9.67. The lowest BCUT2D eigenvalue weighted by molar-refractivity contribution is 0.0237. The Morgan fingerprint density at radius 1 is 1.38 bits per heavy atom. The van der Waals surface area contributed by atoms with Crippen LogP contribution in [-0.4, -0.2) is 19.3 Å². The van der Waals surface area contributed by atoms with Crippen molar-refractivity contribution < 1.29 is 13.9 Å². The summed E-state index contributed by atoms with van der Waals surface area (Å²) in [6.45, 7) is 1.35. The van der Waals surface area contributed by atoms with E-state index in [0.29, 0.717) is 24.5 Å². The van der Waals surface area contributed by atoms with Gasteiger partial charge in [0.05, 0.1) is 19.1 Å². The fraction of sp³-hybridized carbons (Fsp3) is 0.500. The van der Waals surface area contributed by atoms with Crippen LogP contribution in [0.2, 0.25) is 0 Å². The molecule has 0 saturated carbocycles. The summed E-state index contributed by atoms with van der Waals surface area (Å²) in [5, 5.41) is 0. The third-order valence-corrected chi connectivity index (χ3v) is 2.93. The molecule has 0 atom stereocenters. The number of ether oxygens (including phenoxy) is 2. The van der Waals surface area contributed by atoms with E-state index in [0.717, 1.165) is 12.8 Å². The fourth-order valence-corrected chi connectivity index (χ4v) is 1.96. The lowest BCUT2D eigenvalue weighted by Crippen LogP contribution is -2.26. The Hall–Kier alpha value is -0.800. The molecule has 1 aliphatic heterocycles. The van der Waals surface area contributed by atoms with E-state index in [9.17, 15) is 4.39 Å². The zero-order chi connectivity index (χ0) is 11.4. The first-order chi connectivity index (χ1) is 7.81. The van der Waals surface area contributed by atoms with Gasteiger partial charge in [0.15, 0.2) is 11.6 Å². The van der Waals surface area contributed by atoms with Gasteiger partial charge in [-0.25, -0.2) is 4.39 Å². The van der Waals surface area contributed by atoms with Gasteiger partial charge in [0.2, 0.25) is 0 Å². The highest BCUT2D eigenvalue weighted by Gasteiger charge is 2.18. The molecule has 88 valence electrons. The number of hydrogen-bond donors (Lipinski definition) is 0. The summed E-state index contributed by atoms with van der Waals surface area (Å²) in [6.07, 6.45) is 1.64. The Labute approximate surface area is 99.3 Å². The van der Waals surface area contributed by atoms with Crippen LogP contribution in [0.25, 0.3) is 0 Å². The highest BCUT2D eigenvalue weighted by Crippen LogP contribution is 2.27. The highest BCUT2D eigenvalue weighted by molar-refractivity contribution is 6.17. The van der Waals surface area contributed by atoms with E-state index >= 15 is 0 Å². The molecule has 0 N–H and O–H groups in total. The van der Waals surface area contributed by atoms with E-state index in [2.05, 4.69) is 0 Å². The maximum absolute atomic E-state index is 13.6. The molecular weight excluding hydrogens is 231 g/mol. The summed E-state index contributed by atoms with van der Waals surface area (Å²) in [6, 6.07) is 4.82. The minimum atomic E-state index is -0.343. The number of hydrogen-bond acceptors (Lipinski definition) is 2. The van der Waals surface area contributed by atoms with E-state index in [1.54, 1.807) is 12.1 Å². The largest absolute Gasteiger partial charge is 0.487 e. The Morgan fingerprint density at radius 2 is 2.12 bits per heavy atom. The van der Waals surface area contributed by atoms with Crippen molar-refractivity contribution >= 4 is 11.6 Å². The molecule has 0 amide bonds. The van der Waals surface area contributed by atoms with Crippen LogP contribution < -0.4 is 4.74 Å². The van der Waals surface area contributed by atoms with Crippen molar-refractivity contribution in [1.82, 2.24) is 0 Å². The van der Waals surface area contributed by atoms with E-state index < -0.39 is 0 Å². The molecule has 1 aliphatic rings. The second-order valence-electron chi connectivity index (χ2n) is 3.79. The molecule has 0 spiro atoms. The van der Waals surface area contributed by atoms with Gasteiger partial charge in [0, 0.05) is 18.4 Å². The molecule has 1 aromatic carbocycles. The first-order valence-corrected chi connectivity index (χ1v) is 5.92. The third kappa shape index (κ3) is 2.66. The van der Waals surface area contributed by atoms with E-state index in [1.807, 2.05) is 0 Å². The summed E-state index contributed by atoms with van der Waals surface area (Å²) in [5.74, 6) is 0.213. The lowest BCUT2D eigenvalue weighted by Gasteiger charge is -2.24. The summed E-state index contributed by atoms with van der Waals surface area (Å²) in [5.41, 5.74) is 0.702. The molecule has 4 heteroatoms. The Morgan fingerprint density at radius 3 is 2.81 bits per heavy atom. The van der Waals surface area contributed by atoms with Crippen LogP contribution in [-0.2, 0) is 10.6 Å². The number of benzene rings is 1. The zero-order valence-electron chi connectivity index (χ0n) is 8.92. The van der Waals surface area contributed by atoms with E-state index in [4.69, 9.17) is 21.1 Å². The van der Waals surface area contributed by atoms with Crippen molar-refractivity contribution in [3.8, 4) is 5.75 Å². The second kappa shape index (κ2) is 5.51. The Balaban J connectivity index is 2.12. The average Bonchev–Trinajstić information content (AvgIpc) is 2.33. The molecule has 1 saturated heterocycles. The van der Waals surface area contributed by atoms with Crippen LogP contribution in [0.4, 0.5) is 4.39 Å². The maximum atomic E-state index is 13.6. The monoisotopic (exact) mass is 244 g/mol. The van der Waals surface area contributed by atoms with Crippen molar-refractivity contribution in [2.45, 2.75) is 24.8 Å². The van der Waals surface area contributed by atoms with Crippen LogP contribution in [0.15, 0.2) is 18.2 Å². The summed E-state index contributed by atoms with van der Waals surface area (Å²) < 4.78 is 24.5. The van der Waals surface area contributed by atoms with Gasteiger partial charge >= 0.3 is 0 Å². The molecule has 0 aromatic heterocycles. The fourth-order valence-electron chi connectivity index (χ4n) is 1.75. The predicted octanol–water partition coefficient (Wildman–Crippen LogP) is 3.12. The molecule has 16 heavy (non-hydrogen) atoms. The lowest BCUT2D eigenvalue weighted by atomic mass is 10.1. The summed E-state index contributed by atoms with van der Waals surface area (Å²) in [4.78, 5) is 0. The van der Waals surface area contributed by atoms with Crippen LogP contribution in [0.1, 0.15) is 18.4 Å². The number of alkyl halides is 1. The molecular formula is C12H14ClFO2. The minimum absolute atomic E-state index is 0.0348. The number of rotatable bonds is 3. The maximum Gasteiger partial charge on any atom is 0.165 e. The van der Waals surface area contributed by atoms with Gasteiger partial charge in [0.25, 0.3) is 0 Å². The molecule has 2 nitrogen and oxygen atoms in total. The van der Waals surface area contributed by atoms with Crippen molar-refractivity contribution in [2.75, 3.05) is 13.2 Å². The molecule has 1 aromatic rings. The number of halogens is 2. The third-order valence-electron chi connectivity index (χ3n) is 2.65. The number of para-hydroxylation sites is 1. The van der Waals surface area contributed by atoms with Crippen LogP contribution in [0.5, 0.6) is 5.75 Å². The van der Waals surface area contributed by atoms with Gasteiger partial charge in [-0.1, -0.05) is 12.1 Å². The van der Waals surface area contributed by atoms with Crippen LogP contribution in [0.3, 0.4) is 0 Å². The van der Waals surface area contributed by atoms with Gasteiger partial charge in [-0.15, -0.1) is 11.6 Å². The smallest absolute Gasteiger partial charge is 0.165 e. The quantitative estimate of drug-likeness (QED) is 0.761. The first kappa shape index (κ1) is 11.7. The SMILES string of the molecule is Fc1cccc(CCl)c1OC1CCOCC1. The van der Waals surface area contributed by atoms with Gasteiger partial charge in [0.1, 0.15) is 6.10 Å². The van der Waals surface area contributed by atoms with Crippen molar-refractivity contribution in [1.29, 1.82) is 0 Å². The van der Waals surface area contributed by atoms with Crippen molar-refractivity contribution in [2.24, 2.45) is 0 Å². The van der Waals surface area contributed by atoms with Gasteiger partial charge in [-0.3, -0.25) is 0 Å². The summed E-state index contributed by atoms with van der Waals surface area (Å²) in [7, 11) is 0. The summed E-state index contributed by atoms with van der Waals surface area (Å²) >= 11 is 5.75. The van der Waals surface area contributed by atoms with Gasteiger partial charge in [-0.05, 0) is 6.07 Å². The topological polar surface area (TPSA) is 18.5 Å². The molecule has 0 bridgehead atoms. The Bertz CT molecular complexity index is 351. The average molecular weight is 245 g/mol. The molecule has 0 unspecified atom stereocenters. The normalized spacial score (nSPS) is 17.4.